The fourth-order valence-corrected chi connectivity index (χ4v) is 3.75. The van der Waals surface area contributed by atoms with Gasteiger partial charge in [0.25, 0.3) is 5.91 Å². The van der Waals surface area contributed by atoms with Crippen molar-refractivity contribution in [2.24, 2.45) is 0 Å². The summed E-state index contributed by atoms with van der Waals surface area (Å²) in [6, 6.07) is 0. The lowest BCUT2D eigenvalue weighted by Gasteiger charge is -2.35. The smallest absolute Gasteiger partial charge is 0.273 e. The van der Waals surface area contributed by atoms with E-state index < -0.39 is 0 Å². The number of amides is 2. The molecule has 0 bridgehead atoms. The Morgan fingerprint density at radius 1 is 1.04 bits per heavy atom. The molecule has 0 atom stereocenters. The molecule has 2 amide bonds. The highest BCUT2D eigenvalue weighted by Gasteiger charge is 2.26. The molecule has 0 radical (unpaired) electrons. The number of nitrogens with zero attached hydrogens (tertiary/aromatic N) is 4. The first-order valence-corrected chi connectivity index (χ1v) is 9.23. The molecule has 2 aliphatic rings. The Bertz CT molecular complexity index is 560. The summed E-state index contributed by atoms with van der Waals surface area (Å²) in [4.78, 5) is 34.9. The van der Waals surface area contributed by atoms with Gasteiger partial charge in [0.05, 0.1) is 11.6 Å². The molecule has 126 valence electrons. The fourth-order valence-electron chi connectivity index (χ4n) is 3.17. The van der Waals surface area contributed by atoms with Crippen molar-refractivity contribution in [3.05, 3.63) is 16.1 Å². The average molecular weight is 336 g/mol. The van der Waals surface area contributed by atoms with Crippen LogP contribution in [-0.4, -0.2) is 77.3 Å². The number of likely N-dealkylation sites (tertiary alicyclic amines) is 1. The van der Waals surface area contributed by atoms with Crippen molar-refractivity contribution in [1.29, 1.82) is 0 Å². The molecular formula is C16H24N4O2S. The van der Waals surface area contributed by atoms with Gasteiger partial charge in [0.15, 0.2) is 0 Å². The molecular weight excluding hydrogens is 312 g/mol. The summed E-state index contributed by atoms with van der Waals surface area (Å²) in [5.41, 5.74) is 0.547. The molecule has 1 aromatic rings. The van der Waals surface area contributed by atoms with Crippen molar-refractivity contribution in [3.8, 4) is 0 Å². The van der Waals surface area contributed by atoms with Crippen LogP contribution >= 0.6 is 11.3 Å². The Balaban J connectivity index is 1.46. The van der Waals surface area contributed by atoms with Crippen LogP contribution in [-0.2, 0) is 4.79 Å². The molecule has 0 spiro atoms. The van der Waals surface area contributed by atoms with Crippen LogP contribution in [0, 0.1) is 6.92 Å². The Hall–Kier alpha value is -1.47. The van der Waals surface area contributed by atoms with E-state index >= 15 is 0 Å². The number of hydrogen-bond donors (Lipinski definition) is 0. The molecule has 0 unspecified atom stereocenters. The largest absolute Gasteiger partial charge is 0.342 e. The van der Waals surface area contributed by atoms with Gasteiger partial charge in [-0.25, -0.2) is 4.98 Å². The molecule has 0 aromatic carbocycles. The van der Waals surface area contributed by atoms with Gasteiger partial charge < -0.3 is 9.80 Å². The maximum atomic E-state index is 12.4. The second-order valence-electron chi connectivity index (χ2n) is 6.26. The van der Waals surface area contributed by atoms with Gasteiger partial charge in [0.2, 0.25) is 5.91 Å². The van der Waals surface area contributed by atoms with Crippen molar-refractivity contribution >= 4 is 23.2 Å². The number of rotatable bonds is 3. The summed E-state index contributed by atoms with van der Waals surface area (Å²) in [5, 5.41) is 2.74. The number of aryl methyl sites for hydroxylation is 1. The first-order valence-electron chi connectivity index (χ1n) is 8.35. The van der Waals surface area contributed by atoms with Crippen LogP contribution in [0.25, 0.3) is 0 Å². The van der Waals surface area contributed by atoms with E-state index in [0.29, 0.717) is 25.3 Å². The van der Waals surface area contributed by atoms with Crippen molar-refractivity contribution in [3.63, 3.8) is 0 Å². The van der Waals surface area contributed by atoms with Crippen LogP contribution in [0.2, 0.25) is 0 Å². The number of carbonyl (C=O) groups is 2. The highest BCUT2D eigenvalue weighted by Crippen LogP contribution is 2.13. The third kappa shape index (κ3) is 4.09. The summed E-state index contributed by atoms with van der Waals surface area (Å²) >= 11 is 1.50. The number of aromatic nitrogens is 1. The monoisotopic (exact) mass is 336 g/mol. The normalized spacial score (nSPS) is 19.9. The van der Waals surface area contributed by atoms with Crippen molar-refractivity contribution in [2.45, 2.75) is 26.2 Å². The third-order valence-corrected chi connectivity index (χ3v) is 5.34. The van der Waals surface area contributed by atoms with E-state index in [1.165, 1.54) is 17.8 Å². The standard InChI is InChI=1S/C16H24N4O2S/c1-13-17-14(12-23-13)16(22)20-9-7-18(8-10-20)11-15(21)19-5-3-2-4-6-19/h12H,2-11H2,1H3. The van der Waals surface area contributed by atoms with Gasteiger partial charge in [-0.2, -0.15) is 0 Å². The minimum Gasteiger partial charge on any atom is -0.342 e. The highest BCUT2D eigenvalue weighted by molar-refractivity contribution is 7.09. The van der Waals surface area contributed by atoms with Crippen molar-refractivity contribution in [1.82, 2.24) is 19.7 Å². The van der Waals surface area contributed by atoms with Crippen LogP contribution in [0.3, 0.4) is 0 Å². The minimum absolute atomic E-state index is 0.0105. The van der Waals surface area contributed by atoms with Crippen molar-refractivity contribution < 1.29 is 9.59 Å². The van der Waals surface area contributed by atoms with Crippen LogP contribution in [0.4, 0.5) is 0 Å². The Morgan fingerprint density at radius 3 is 2.35 bits per heavy atom. The zero-order chi connectivity index (χ0) is 16.2. The van der Waals surface area contributed by atoms with E-state index in [4.69, 9.17) is 0 Å². The molecule has 0 aliphatic carbocycles. The van der Waals surface area contributed by atoms with E-state index in [-0.39, 0.29) is 11.8 Å². The Labute approximate surface area is 141 Å². The topological polar surface area (TPSA) is 56.8 Å². The molecule has 0 N–H and O–H groups in total. The molecule has 2 fully saturated rings. The summed E-state index contributed by atoms with van der Waals surface area (Å²) in [7, 11) is 0. The van der Waals surface area contributed by atoms with E-state index in [1.54, 1.807) is 0 Å². The fraction of sp³-hybridized carbons (Fsp3) is 0.688. The second-order valence-corrected chi connectivity index (χ2v) is 7.32. The van der Waals surface area contributed by atoms with Gasteiger partial charge in [0.1, 0.15) is 5.69 Å². The lowest BCUT2D eigenvalue weighted by atomic mass is 10.1. The molecule has 23 heavy (non-hydrogen) atoms. The zero-order valence-electron chi connectivity index (χ0n) is 13.7. The predicted octanol–water partition coefficient (Wildman–Crippen LogP) is 1.22. The number of thiazole rings is 1. The van der Waals surface area contributed by atoms with Crippen LogP contribution < -0.4 is 0 Å². The Kier molecular flexibility index (Phi) is 5.27. The number of carbonyl (C=O) groups excluding carboxylic acids is 2. The maximum Gasteiger partial charge on any atom is 0.273 e. The maximum absolute atomic E-state index is 12.4. The Morgan fingerprint density at radius 2 is 1.74 bits per heavy atom. The summed E-state index contributed by atoms with van der Waals surface area (Å²) in [6.07, 6.45) is 3.49. The van der Waals surface area contributed by atoms with Gasteiger partial charge >= 0.3 is 0 Å². The SMILES string of the molecule is Cc1nc(C(=O)N2CCN(CC(=O)N3CCCCC3)CC2)cs1. The predicted molar refractivity (Wildman–Crippen MR) is 89.6 cm³/mol. The average Bonchev–Trinajstić information content (AvgIpc) is 3.02. The quantitative estimate of drug-likeness (QED) is 0.833. The molecule has 6 nitrogen and oxygen atoms in total. The van der Waals surface area contributed by atoms with Gasteiger partial charge in [-0.05, 0) is 26.2 Å². The van der Waals surface area contributed by atoms with E-state index in [2.05, 4.69) is 9.88 Å². The molecule has 0 saturated carbocycles. The van der Waals surface area contributed by atoms with Crippen molar-refractivity contribution in [2.75, 3.05) is 45.8 Å². The minimum atomic E-state index is 0.0105. The van der Waals surface area contributed by atoms with E-state index in [9.17, 15) is 9.59 Å². The van der Waals surface area contributed by atoms with Crippen LogP contribution in [0.15, 0.2) is 5.38 Å². The van der Waals surface area contributed by atoms with Gasteiger partial charge in [-0.1, -0.05) is 0 Å². The zero-order valence-corrected chi connectivity index (χ0v) is 14.5. The number of piperidine rings is 1. The molecule has 2 saturated heterocycles. The van der Waals surface area contributed by atoms with Crippen LogP contribution in [0.5, 0.6) is 0 Å². The molecule has 2 aliphatic heterocycles. The van der Waals surface area contributed by atoms with E-state index in [0.717, 1.165) is 44.0 Å². The summed E-state index contributed by atoms with van der Waals surface area (Å²) in [5.74, 6) is 0.246. The number of hydrogen-bond acceptors (Lipinski definition) is 5. The van der Waals surface area contributed by atoms with Gasteiger partial charge in [-0.3, -0.25) is 14.5 Å². The highest BCUT2D eigenvalue weighted by atomic mass is 32.1. The lowest BCUT2D eigenvalue weighted by molar-refractivity contribution is -0.133. The number of piperazine rings is 1. The first-order chi connectivity index (χ1) is 11.1. The first kappa shape index (κ1) is 16.4. The molecule has 3 rings (SSSR count). The summed E-state index contributed by atoms with van der Waals surface area (Å²) in [6.45, 7) is 7.05. The summed E-state index contributed by atoms with van der Waals surface area (Å²) < 4.78 is 0. The van der Waals surface area contributed by atoms with Crippen LogP contribution in [0.1, 0.15) is 34.8 Å². The molecule has 7 heteroatoms. The lowest BCUT2D eigenvalue weighted by Crippen LogP contribution is -2.52. The van der Waals surface area contributed by atoms with E-state index in [1.807, 2.05) is 22.1 Å². The molecule has 1 aromatic heterocycles. The van der Waals surface area contributed by atoms with Gasteiger partial charge in [-0.15, -0.1) is 11.3 Å². The molecule has 3 heterocycles. The third-order valence-electron chi connectivity index (χ3n) is 4.57. The second kappa shape index (κ2) is 7.40. The van der Waals surface area contributed by atoms with Gasteiger partial charge in [0, 0.05) is 44.6 Å².